The summed E-state index contributed by atoms with van der Waals surface area (Å²) >= 11 is 0. The molecule has 0 bridgehead atoms. The van der Waals surface area contributed by atoms with Gasteiger partial charge in [-0.3, -0.25) is 4.79 Å². The first-order valence-corrected chi connectivity index (χ1v) is 7.46. The smallest absolute Gasteiger partial charge is 0.224 e. The molecule has 0 aromatic carbocycles. The number of nitrogens with zero attached hydrogens (tertiary/aromatic N) is 1. The van der Waals surface area contributed by atoms with Crippen molar-refractivity contribution in [2.75, 3.05) is 26.2 Å². The van der Waals surface area contributed by atoms with Crippen molar-refractivity contribution in [3.8, 4) is 0 Å². The van der Waals surface area contributed by atoms with Gasteiger partial charge >= 0.3 is 0 Å². The quantitative estimate of drug-likeness (QED) is 0.784. The first-order valence-electron chi connectivity index (χ1n) is 7.46. The lowest BCUT2D eigenvalue weighted by molar-refractivity contribution is -0.126. The van der Waals surface area contributed by atoms with Crippen molar-refractivity contribution in [2.45, 2.75) is 45.1 Å². The Labute approximate surface area is 110 Å². The number of rotatable bonds is 4. The molecule has 0 aromatic heterocycles. The Bertz CT molecular complexity index is 282. The Balaban J connectivity index is 1.71. The van der Waals surface area contributed by atoms with Gasteiger partial charge < -0.3 is 16.0 Å². The summed E-state index contributed by atoms with van der Waals surface area (Å²) in [7, 11) is 0. The van der Waals surface area contributed by atoms with E-state index in [1.54, 1.807) is 0 Å². The largest absolute Gasteiger partial charge is 0.355 e. The predicted octanol–water partition coefficient (Wildman–Crippen LogP) is 0.962. The lowest BCUT2D eigenvalue weighted by Crippen LogP contribution is -2.45. The summed E-state index contributed by atoms with van der Waals surface area (Å²) in [5, 5.41) is 3.12. The molecule has 1 saturated heterocycles. The van der Waals surface area contributed by atoms with Crippen LogP contribution in [0.15, 0.2) is 0 Å². The van der Waals surface area contributed by atoms with Gasteiger partial charge in [-0.25, -0.2) is 0 Å². The normalized spacial score (nSPS) is 33.6. The molecule has 1 amide bonds. The van der Waals surface area contributed by atoms with Crippen molar-refractivity contribution < 1.29 is 4.79 Å². The highest BCUT2D eigenvalue weighted by Gasteiger charge is 2.29. The van der Waals surface area contributed by atoms with Gasteiger partial charge in [-0.05, 0) is 38.3 Å². The molecular weight excluding hydrogens is 226 g/mol. The second-order valence-corrected chi connectivity index (χ2v) is 5.85. The van der Waals surface area contributed by atoms with Crippen LogP contribution in [0.5, 0.6) is 0 Å². The monoisotopic (exact) mass is 253 g/mol. The van der Waals surface area contributed by atoms with Crippen LogP contribution in [-0.4, -0.2) is 43.0 Å². The third kappa shape index (κ3) is 3.45. The topological polar surface area (TPSA) is 58.4 Å². The summed E-state index contributed by atoms with van der Waals surface area (Å²) in [6.45, 7) is 6.46. The standard InChI is InChI=1S/C14H27N3O/c1-2-17-8-7-11(10-17)9-16-14(18)12-5-3-4-6-13(12)15/h11-13H,2-10,15H2,1H3,(H,16,18). The number of carbonyl (C=O) groups is 1. The number of carbonyl (C=O) groups excluding carboxylic acids is 1. The van der Waals surface area contributed by atoms with Crippen LogP contribution in [0.4, 0.5) is 0 Å². The van der Waals surface area contributed by atoms with Crippen LogP contribution in [-0.2, 0) is 4.79 Å². The molecule has 104 valence electrons. The zero-order valence-corrected chi connectivity index (χ0v) is 11.5. The number of hydrogen-bond acceptors (Lipinski definition) is 3. The number of hydrogen-bond donors (Lipinski definition) is 2. The fraction of sp³-hybridized carbons (Fsp3) is 0.929. The molecule has 1 aliphatic carbocycles. The maximum Gasteiger partial charge on any atom is 0.224 e. The Morgan fingerprint density at radius 3 is 2.78 bits per heavy atom. The van der Waals surface area contributed by atoms with Crippen molar-refractivity contribution in [3.63, 3.8) is 0 Å². The van der Waals surface area contributed by atoms with Crippen molar-refractivity contribution in [1.29, 1.82) is 0 Å². The van der Waals surface area contributed by atoms with Gasteiger partial charge in [-0.2, -0.15) is 0 Å². The second kappa shape index (κ2) is 6.53. The fourth-order valence-corrected chi connectivity index (χ4v) is 3.23. The molecule has 2 rings (SSSR count). The third-order valence-corrected chi connectivity index (χ3v) is 4.54. The maximum atomic E-state index is 12.1. The Morgan fingerprint density at radius 1 is 1.33 bits per heavy atom. The number of likely N-dealkylation sites (tertiary alicyclic amines) is 1. The summed E-state index contributed by atoms with van der Waals surface area (Å²) in [6, 6.07) is 0.0782. The van der Waals surface area contributed by atoms with E-state index in [2.05, 4.69) is 17.1 Å². The van der Waals surface area contributed by atoms with Gasteiger partial charge in [-0.15, -0.1) is 0 Å². The van der Waals surface area contributed by atoms with E-state index in [1.165, 1.54) is 19.4 Å². The molecule has 18 heavy (non-hydrogen) atoms. The lowest BCUT2D eigenvalue weighted by atomic mass is 9.84. The van der Waals surface area contributed by atoms with Gasteiger partial charge in [0, 0.05) is 19.1 Å². The predicted molar refractivity (Wildman–Crippen MR) is 73.2 cm³/mol. The van der Waals surface area contributed by atoms with Crippen LogP contribution >= 0.6 is 0 Å². The van der Waals surface area contributed by atoms with E-state index >= 15 is 0 Å². The third-order valence-electron chi connectivity index (χ3n) is 4.54. The van der Waals surface area contributed by atoms with Crippen LogP contribution in [0.25, 0.3) is 0 Å². The van der Waals surface area contributed by atoms with E-state index in [4.69, 9.17) is 5.73 Å². The van der Waals surface area contributed by atoms with E-state index in [0.29, 0.717) is 5.92 Å². The van der Waals surface area contributed by atoms with Crippen LogP contribution in [0.2, 0.25) is 0 Å². The molecule has 0 radical (unpaired) electrons. The average Bonchev–Trinajstić information content (AvgIpc) is 2.84. The maximum absolute atomic E-state index is 12.1. The van der Waals surface area contributed by atoms with Crippen LogP contribution in [0, 0.1) is 11.8 Å². The zero-order valence-electron chi connectivity index (χ0n) is 11.5. The number of nitrogens with two attached hydrogens (primary N) is 1. The van der Waals surface area contributed by atoms with Crippen LogP contribution < -0.4 is 11.1 Å². The Kier molecular flexibility index (Phi) is 5.01. The summed E-state index contributed by atoms with van der Waals surface area (Å²) < 4.78 is 0. The van der Waals surface area contributed by atoms with E-state index < -0.39 is 0 Å². The Morgan fingerprint density at radius 2 is 2.11 bits per heavy atom. The fourth-order valence-electron chi connectivity index (χ4n) is 3.23. The first kappa shape index (κ1) is 13.8. The van der Waals surface area contributed by atoms with Crippen LogP contribution in [0.3, 0.4) is 0 Å². The summed E-state index contributed by atoms with van der Waals surface area (Å²) in [4.78, 5) is 14.6. The van der Waals surface area contributed by atoms with Gasteiger partial charge in [0.2, 0.25) is 5.91 Å². The van der Waals surface area contributed by atoms with Crippen molar-refractivity contribution in [2.24, 2.45) is 17.6 Å². The molecule has 0 aromatic rings. The van der Waals surface area contributed by atoms with Gasteiger partial charge in [-0.1, -0.05) is 19.8 Å². The van der Waals surface area contributed by atoms with Crippen molar-refractivity contribution in [1.82, 2.24) is 10.2 Å². The Hall–Kier alpha value is -0.610. The van der Waals surface area contributed by atoms with Gasteiger partial charge in [0.05, 0.1) is 5.92 Å². The molecule has 0 spiro atoms. The first-order chi connectivity index (χ1) is 8.70. The van der Waals surface area contributed by atoms with Crippen molar-refractivity contribution in [3.05, 3.63) is 0 Å². The van der Waals surface area contributed by atoms with E-state index in [9.17, 15) is 4.79 Å². The molecule has 2 fully saturated rings. The van der Waals surface area contributed by atoms with Gasteiger partial charge in [0.1, 0.15) is 0 Å². The highest BCUT2D eigenvalue weighted by molar-refractivity contribution is 5.79. The number of amides is 1. The zero-order chi connectivity index (χ0) is 13.0. The molecule has 1 heterocycles. The molecule has 4 nitrogen and oxygen atoms in total. The van der Waals surface area contributed by atoms with Crippen LogP contribution in [0.1, 0.15) is 39.0 Å². The minimum Gasteiger partial charge on any atom is -0.355 e. The molecule has 1 saturated carbocycles. The van der Waals surface area contributed by atoms with E-state index in [1.807, 2.05) is 0 Å². The molecule has 3 N–H and O–H groups in total. The average molecular weight is 253 g/mol. The minimum atomic E-state index is 0.0578. The van der Waals surface area contributed by atoms with Crippen molar-refractivity contribution >= 4 is 5.91 Å². The minimum absolute atomic E-state index is 0.0578. The summed E-state index contributed by atoms with van der Waals surface area (Å²) in [5.74, 6) is 0.883. The summed E-state index contributed by atoms with van der Waals surface area (Å²) in [5.41, 5.74) is 6.04. The molecule has 3 unspecified atom stereocenters. The number of nitrogens with one attached hydrogen (secondary N) is 1. The van der Waals surface area contributed by atoms with E-state index in [-0.39, 0.29) is 17.9 Å². The van der Waals surface area contributed by atoms with Gasteiger partial charge in [0.15, 0.2) is 0 Å². The molecule has 2 aliphatic rings. The SMILES string of the molecule is CCN1CCC(CNC(=O)C2CCCCC2N)C1. The highest BCUT2D eigenvalue weighted by Crippen LogP contribution is 2.23. The van der Waals surface area contributed by atoms with Gasteiger partial charge in [0.25, 0.3) is 0 Å². The van der Waals surface area contributed by atoms with E-state index in [0.717, 1.165) is 38.9 Å². The molecule has 3 atom stereocenters. The second-order valence-electron chi connectivity index (χ2n) is 5.85. The molecule has 1 aliphatic heterocycles. The lowest BCUT2D eigenvalue weighted by Gasteiger charge is -2.27. The summed E-state index contributed by atoms with van der Waals surface area (Å²) in [6.07, 6.45) is 5.52. The highest BCUT2D eigenvalue weighted by atomic mass is 16.1. The molecular formula is C14H27N3O. The molecule has 4 heteroatoms.